The van der Waals surface area contributed by atoms with E-state index in [9.17, 15) is 0 Å². The molecular formula is C18H21N7. The van der Waals surface area contributed by atoms with Crippen LogP contribution in [0.3, 0.4) is 0 Å². The molecule has 25 heavy (non-hydrogen) atoms. The third kappa shape index (κ3) is 3.51. The molecule has 0 aromatic carbocycles. The quantitative estimate of drug-likeness (QED) is 0.762. The topological polar surface area (TPSA) is 80.5 Å². The maximum Gasteiger partial charge on any atom is 0.164 e. The summed E-state index contributed by atoms with van der Waals surface area (Å²) in [6, 6.07) is 6.01. The molecule has 0 amide bonds. The molecule has 0 spiro atoms. The second kappa shape index (κ2) is 6.60. The van der Waals surface area contributed by atoms with Crippen LogP contribution in [0.1, 0.15) is 23.6 Å². The second-order valence-electron chi connectivity index (χ2n) is 6.44. The van der Waals surface area contributed by atoms with Gasteiger partial charge in [-0.05, 0) is 37.6 Å². The maximum absolute atomic E-state index is 4.79. The Morgan fingerprint density at radius 1 is 1.24 bits per heavy atom. The number of nitrogens with zero attached hydrogens (tertiary/aromatic N) is 5. The van der Waals surface area contributed by atoms with Crippen molar-refractivity contribution in [1.82, 2.24) is 30.0 Å². The van der Waals surface area contributed by atoms with Crippen molar-refractivity contribution in [3.8, 4) is 11.4 Å². The standard InChI is InChI=1S/C18H21N7/c1-12-3-6-20-16(7-12)23-17-8-15(13-4-5-19-9-13)22-18(24-17)14-10-21-25(2)11-14/h3,6-8,10-11,13,19H,4-5,9H2,1-2H3,(H,20,22,23,24). The monoisotopic (exact) mass is 335 g/mol. The molecule has 7 nitrogen and oxygen atoms in total. The van der Waals surface area contributed by atoms with Crippen LogP contribution in [0.2, 0.25) is 0 Å². The molecule has 4 rings (SSSR count). The van der Waals surface area contributed by atoms with Gasteiger partial charge in [0.15, 0.2) is 5.82 Å². The number of hydrogen-bond acceptors (Lipinski definition) is 6. The van der Waals surface area contributed by atoms with E-state index in [1.165, 1.54) is 0 Å². The predicted octanol–water partition coefficient (Wildman–Crippen LogP) is 2.40. The van der Waals surface area contributed by atoms with Crippen molar-refractivity contribution in [1.29, 1.82) is 0 Å². The number of rotatable bonds is 4. The van der Waals surface area contributed by atoms with Gasteiger partial charge in [-0.2, -0.15) is 5.10 Å². The van der Waals surface area contributed by atoms with Gasteiger partial charge in [-0.3, -0.25) is 4.68 Å². The van der Waals surface area contributed by atoms with Crippen molar-refractivity contribution in [3.63, 3.8) is 0 Å². The Bertz CT molecular complexity index is 881. The van der Waals surface area contributed by atoms with E-state index >= 15 is 0 Å². The molecule has 0 aliphatic carbocycles. The minimum atomic E-state index is 0.407. The molecule has 4 heterocycles. The van der Waals surface area contributed by atoms with Crippen LogP contribution >= 0.6 is 0 Å². The first kappa shape index (κ1) is 15.7. The lowest BCUT2D eigenvalue weighted by Gasteiger charge is -2.12. The van der Waals surface area contributed by atoms with Gasteiger partial charge < -0.3 is 10.6 Å². The highest BCUT2D eigenvalue weighted by atomic mass is 15.2. The number of anilines is 2. The van der Waals surface area contributed by atoms with Gasteiger partial charge in [0, 0.05) is 38.0 Å². The summed E-state index contributed by atoms with van der Waals surface area (Å²) in [5, 5.41) is 11.0. The first-order valence-corrected chi connectivity index (χ1v) is 8.46. The van der Waals surface area contributed by atoms with Gasteiger partial charge in [0.05, 0.1) is 17.5 Å². The van der Waals surface area contributed by atoms with Crippen molar-refractivity contribution >= 4 is 11.6 Å². The number of aryl methyl sites for hydroxylation is 2. The molecule has 2 N–H and O–H groups in total. The van der Waals surface area contributed by atoms with Gasteiger partial charge in [0.2, 0.25) is 0 Å². The number of aromatic nitrogens is 5. The number of nitrogens with one attached hydrogen (secondary N) is 2. The van der Waals surface area contributed by atoms with Crippen LogP contribution in [-0.2, 0) is 7.05 Å². The Labute approximate surface area is 146 Å². The average Bonchev–Trinajstić information content (AvgIpc) is 3.26. The fourth-order valence-electron chi connectivity index (χ4n) is 3.05. The molecule has 0 saturated carbocycles. The first-order chi connectivity index (χ1) is 12.2. The fraction of sp³-hybridized carbons (Fsp3) is 0.333. The van der Waals surface area contributed by atoms with Crippen molar-refractivity contribution in [2.75, 3.05) is 18.4 Å². The minimum absolute atomic E-state index is 0.407. The summed E-state index contributed by atoms with van der Waals surface area (Å²) in [6.07, 6.45) is 6.61. The summed E-state index contributed by atoms with van der Waals surface area (Å²) in [5.74, 6) is 2.64. The maximum atomic E-state index is 4.79. The number of pyridine rings is 1. The predicted molar refractivity (Wildman–Crippen MR) is 96.7 cm³/mol. The normalized spacial score (nSPS) is 17.0. The minimum Gasteiger partial charge on any atom is -0.325 e. The molecule has 0 radical (unpaired) electrons. The molecule has 1 fully saturated rings. The van der Waals surface area contributed by atoms with E-state index in [1.807, 2.05) is 38.4 Å². The van der Waals surface area contributed by atoms with Gasteiger partial charge >= 0.3 is 0 Å². The third-order valence-electron chi connectivity index (χ3n) is 4.36. The van der Waals surface area contributed by atoms with E-state index in [4.69, 9.17) is 4.98 Å². The smallest absolute Gasteiger partial charge is 0.164 e. The van der Waals surface area contributed by atoms with Gasteiger partial charge in [0.1, 0.15) is 11.6 Å². The molecule has 128 valence electrons. The highest BCUT2D eigenvalue weighted by molar-refractivity contribution is 5.59. The second-order valence-corrected chi connectivity index (χ2v) is 6.44. The zero-order valence-electron chi connectivity index (χ0n) is 14.4. The summed E-state index contributed by atoms with van der Waals surface area (Å²) < 4.78 is 1.76. The number of hydrogen-bond donors (Lipinski definition) is 2. The molecule has 1 unspecified atom stereocenters. The van der Waals surface area contributed by atoms with E-state index < -0.39 is 0 Å². The van der Waals surface area contributed by atoms with Gasteiger partial charge in [-0.1, -0.05) is 0 Å². The lowest BCUT2D eigenvalue weighted by Crippen LogP contribution is -2.10. The summed E-state index contributed by atoms with van der Waals surface area (Å²) >= 11 is 0. The molecule has 7 heteroatoms. The van der Waals surface area contributed by atoms with Crippen LogP contribution in [0, 0.1) is 6.92 Å². The van der Waals surface area contributed by atoms with Crippen molar-refractivity contribution < 1.29 is 0 Å². The van der Waals surface area contributed by atoms with E-state index in [0.717, 1.165) is 48.0 Å². The Balaban J connectivity index is 1.72. The van der Waals surface area contributed by atoms with Crippen molar-refractivity contribution in [2.24, 2.45) is 7.05 Å². The molecule has 0 bridgehead atoms. The highest BCUT2D eigenvalue weighted by Crippen LogP contribution is 2.26. The lowest BCUT2D eigenvalue weighted by atomic mass is 10.0. The molecule has 1 atom stereocenters. The molecular weight excluding hydrogens is 314 g/mol. The zero-order chi connectivity index (χ0) is 17.2. The van der Waals surface area contributed by atoms with E-state index in [-0.39, 0.29) is 0 Å². The molecule has 1 aliphatic rings. The molecule has 3 aromatic heterocycles. The van der Waals surface area contributed by atoms with Crippen molar-refractivity contribution in [3.05, 3.63) is 48.0 Å². The van der Waals surface area contributed by atoms with Gasteiger partial charge in [-0.25, -0.2) is 15.0 Å². The Hall–Kier alpha value is -2.80. The van der Waals surface area contributed by atoms with Crippen LogP contribution < -0.4 is 10.6 Å². The van der Waals surface area contributed by atoms with E-state index in [2.05, 4.69) is 25.7 Å². The van der Waals surface area contributed by atoms with E-state index in [1.54, 1.807) is 17.1 Å². The van der Waals surface area contributed by atoms with Gasteiger partial charge in [-0.15, -0.1) is 0 Å². The lowest BCUT2D eigenvalue weighted by molar-refractivity contribution is 0.733. The molecule has 3 aromatic rings. The third-order valence-corrected chi connectivity index (χ3v) is 4.36. The molecule has 1 aliphatic heterocycles. The summed E-state index contributed by atoms with van der Waals surface area (Å²) in [6.45, 7) is 4.02. The first-order valence-electron chi connectivity index (χ1n) is 8.46. The highest BCUT2D eigenvalue weighted by Gasteiger charge is 2.20. The van der Waals surface area contributed by atoms with Gasteiger partial charge in [0.25, 0.3) is 0 Å². The van der Waals surface area contributed by atoms with Crippen LogP contribution in [0.4, 0.5) is 11.6 Å². The van der Waals surface area contributed by atoms with Crippen LogP contribution in [0.5, 0.6) is 0 Å². The van der Waals surface area contributed by atoms with Crippen LogP contribution in [0.25, 0.3) is 11.4 Å². The Morgan fingerprint density at radius 2 is 2.16 bits per heavy atom. The van der Waals surface area contributed by atoms with Crippen LogP contribution in [-0.4, -0.2) is 37.8 Å². The molecule has 1 saturated heterocycles. The average molecular weight is 335 g/mol. The van der Waals surface area contributed by atoms with E-state index in [0.29, 0.717) is 11.7 Å². The summed E-state index contributed by atoms with van der Waals surface area (Å²) in [7, 11) is 1.89. The Morgan fingerprint density at radius 3 is 2.88 bits per heavy atom. The summed E-state index contributed by atoms with van der Waals surface area (Å²) in [5.41, 5.74) is 3.11. The Kier molecular flexibility index (Phi) is 4.15. The zero-order valence-corrected chi connectivity index (χ0v) is 14.4. The van der Waals surface area contributed by atoms with Crippen LogP contribution in [0.15, 0.2) is 36.8 Å². The SMILES string of the molecule is Cc1ccnc(Nc2cc(C3CCNC3)nc(-c3cnn(C)c3)n2)c1. The summed E-state index contributed by atoms with van der Waals surface area (Å²) in [4.78, 5) is 13.8. The largest absolute Gasteiger partial charge is 0.325 e. The van der Waals surface area contributed by atoms with Crippen molar-refractivity contribution in [2.45, 2.75) is 19.3 Å². The fourth-order valence-corrected chi connectivity index (χ4v) is 3.05.